The van der Waals surface area contributed by atoms with Crippen molar-refractivity contribution in [2.24, 2.45) is 5.92 Å². The van der Waals surface area contributed by atoms with Gasteiger partial charge in [0.2, 0.25) is 0 Å². The molecule has 1 aliphatic rings. The summed E-state index contributed by atoms with van der Waals surface area (Å²) in [4.78, 5) is 22.9. The SMILES string of the molecule is CC(C#N)(NC(=O)COc1ccc([N+](=O)[O-])cc1Cc1ccccc1)C1CC1. The molecular weight excluding hydrogens is 358 g/mol. The molecule has 1 atom stereocenters. The highest BCUT2D eigenvalue weighted by atomic mass is 16.6. The summed E-state index contributed by atoms with van der Waals surface area (Å²) >= 11 is 0. The number of nitro benzene ring substituents is 1. The summed E-state index contributed by atoms with van der Waals surface area (Å²) in [7, 11) is 0. The molecule has 0 saturated heterocycles. The molecule has 0 aromatic heterocycles. The molecule has 0 spiro atoms. The van der Waals surface area contributed by atoms with Crippen molar-refractivity contribution in [2.75, 3.05) is 6.61 Å². The van der Waals surface area contributed by atoms with Crippen LogP contribution < -0.4 is 10.1 Å². The monoisotopic (exact) mass is 379 g/mol. The van der Waals surface area contributed by atoms with Crippen molar-refractivity contribution in [2.45, 2.75) is 31.7 Å². The lowest BCUT2D eigenvalue weighted by molar-refractivity contribution is -0.384. The fourth-order valence-electron chi connectivity index (χ4n) is 3.13. The number of non-ortho nitro benzene ring substituents is 1. The number of carbonyl (C=O) groups is 1. The van der Waals surface area contributed by atoms with Crippen LogP contribution in [0.5, 0.6) is 5.75 Å². The van der Waals surface area contributed by atoms with Gasteiger partial charge < -0.3 is 10.1 Å². The number of nitro groups is 1. The van der Waals surface area contributed by atoms with Gasteiger partial charge in [-0.2, -0.15) is 5.26 Å². The van der Waals surface area contributed by atoms with E-state index in [0.717, 1.165) is 18.4 Å². The second-order valence-electron chi connectivity index (χ2n) is 7.14. The Morgan fingerprint density at radius 1 is 1.32 bits per heavy atom. The zero-order valence-electron chi connectivity index (χ0n) is 15.6. The number of hydrogen-bond acceptors (Lipinski definition) is 5. The molecule has 1 amide bonds. The number of nitrogens with one attached hydrogen (secondary N) is 1. The normalized spacial score (nSPS) is 15.1. The van der Waals surface area contributed by atoms with Gasteiger partial charge in [0.15, 0.2) is 6.61 Å². The predicted octanol–water partition coefficient (Wildman–Crippen LogP) is 3.37. The van der Waals surface area contributed by atoms with Gasteiger partial charge in [-0.25, -0.2) is 0 Å². The molecule has 1 saturated carbocycles. The number of benzene rings is 2. The Balaban J connectivity index is 1.72. The molecule has 1 N–H and O–H groups in total. The zero-order valence-corrected chi connectivity index (χ0v) is 15.6. The van der Waals surface area contributed by atoms with Crippen molar-refractivity contribution in [3.8, 4) is 11.8 Å². The Morgan fingerprint density at radius 3 is 2.64 bits per heavy atom. The average Bonchev–Trinajstić information content (AvgIpc) is 3.53. The Bertz CT molecular complexity index is 919. The highest BCUT2D eigenvalue weighted by Crippen LogP contribution is 2.39. The molecule has 0 heterocycles. The lowest BCUT2D eigenvalue weighted by atomic mass is 9.98. The number of rotatable bonds is 8. The van der Waals surface area contributed by atoms with Gasteiger partial charge in [-0.05, 0) is 37.3 Å². The van der Waals surface area contributed by atoms with Gasteiger partial charge in [-0.1, -0.05) is 30.3 Å². The molecule has 0 aliphatic heterocycles. The van der Waals surface area contributed by atoms with Crippen LogP contribution in [0.1, 0.15) is 30.9 Å². The van der Waals surface area contributed by atoms with Crippen molar-refractivity contribution in [1.29, 1.82) is 5.26 Å². The van der Waals surface area contributed by atoms with E-state index in [2.05, 4.69) is 11.4 Å². The maximum atomic E-state index is 12.3. The summed E-state index contributed by atoms with van der Waals surface area (Å²) in [5, 5.41) is 23.2. The molecule has 2 aromatic rings. The van der Waals surface area contributed by atoms with Gasteiger partial charge in [-0.3, -0.25) is 14.9 Å². The van der Waals surface area contributed by atoms with Gasteiger partial charge in [0.05, 0.1) is 11.0 Å². The highest BCUT2D eigenvalue weighted by Gasteiger charge is 2.43. The molecule has 144 valence electrons. The van der Waals surface area contributed by atoms with Crippen LogP contribution >= 0.6 is 0 Å². The maximum Gasteiger partial charge on any atom is 0.269 e. The van der Waals surface area contributed by atoms with E-state index in [9.17, 15) is 20.2 Å². The van der Waals surface area contributed by atoms with E-state index >= 15 is 0 Å². The third kappa shape index (κ3) is 4.65. The summed E-state index contributed by atoms with van der Waals surface area (Å²) < 4.78 is 5.65. The number of hydrogen-bond donors (Lipinski definition) is 1. The van der Waals surface area contributed by atoms with Crippen LogP contribution in [0.3, 0.4) is 0 Å². The average molecular weight is 379 g/mol. The van der Waals surface area contributed by atoms with Crippen LogP contribution in [0.25, 0.3) is 0 Å². The number of nitrogens with zero attached hydrogens (tertiary/aromatic N) is 2. The number of carbonyl (C=O) groups excluding carboxylic acids is 1. The zero-order chi connectivity index (χ0) is 20.1. The first-order valence-corrected chi connectivity index (χ1v) is 9.07. The van der Waals surface area contributed by atoms with E-state index in [4.69, 9.17) is 4.74 Å². The van der Waals surface area contributed by atoms with Crippen LogP contribution in [0, 0.1) is 27.4 Å². The summed E-state index contributed by atoms with van der Waals surface area (Å²) in [6.07, 6.45) is 2.29. The first kappa shape index (κ1) is 19.4. The maximum absolute atomic E-state index is 12.3. The van der Waals surface area contributed by atoms with Crippen LogP contribution in [0.15, 0.2) is 48.5 Å². The van der Waals surface area contributed by atoms with Crippen molar-refractivity contribution < 1.29 is 14.5 Å². The van der Waals surface area contributed by atoms with Gasteiger partial charge in [-0.15, -0.1) is 0 Å². The Hall–Kier alpha value is -3.40. The molecule has 0 bridgehead atoms. The molecule has 28 heavy (non-hydrogen) atoms. The summed E-state index contributed by atoms with van der Waals surface area (Å²) in [5.41, 5.74) is 0.679. The quantitative estimate of drug-likeness (QED) is 0.559. The molecule has 3 rings (SSSR count). The van der Waals surface area contributed by atoms with Gasteiger partial charge in [0.1, 0.15) is 11.3 Å². The lowest BCUT2D eigenvalue weighted by Gasteiger charge is -2.23. The van der Waals surface area contributed by atoms with Crippen molar-refractivity contribution in [1.82, 2.24) is 5.32 Å². The third-order valence-electron chi connectivity index (χ3n) is 4.88. The van der Waals surface area contributed by atoms with Crippen molar-refractivity contribution in [3.63, 3.8) is 0 Å². The molecule has 1 aliphatic carbocycles. The van der Waals surface area contributed by atoms with E-state index in [0.29, 0.717) is 17.7 Å². The highest BCUT2D eigenvalue weighted by molar-refractivity contribution is 5.79. The Kier molecular flexibility index (Phi) is 5.59. The van der Waals surface area contributed by atoms with E-state index in [1.165, 1.54) is 18.2 Å². The van der Waals surface area contributed by atoms with Crippen LogP contribution in [-0.2, 0) is 11.2 Å². The number of amides is 1. The van der Waals surface area contributed by atoms with Crippen LogP contribution in [0.2, 0.25) is 0 Å². The minimum Gasteiger partial charge on any atom is -0.483 e. The molecule has 7 nitrogen and oxygen atoms in total. The Labute approximate surface area is 163 Å². The first-order valence-electron chi connectivity index (χ1n) is 9.07. The predicted molar refractivity (Wildman–Crippen MR) is 103 cm³/mol. The van der Waals surface area contributed by atoms with Crippen molar-refractivity contribution in [3.05, 3.63) is 69.8 Å². The molecular formula is C21H21N3O4. The van der Waals surface area contributed by atoms with Crippen LogP contribution in [0.4, 0.5) is 5.69 Å². The van der Waals surface area contributed by atoms with E-state index in [1.807, 2.05) is 30.3 Å². The van der Waals surface area contributed by atoms with Crippen molar-refractivity contribution >= 4 is 11.6 Å². The molecule has 1 unspecified atom stereocenters. The second-order valence-corrected chi connectivity index (χ2v) is 7.14. The summed E-state index contributed by atoms with van der Waals surface area (Å²) in [6.45, 7) is 1.46. The van der Waals surface area contributed by atoms with Gasteiger partial charge >= 0.3 is 0 Å². The molecule has 0 radical (unpaired) electrons. The Morgan fingerprint density at radius 2 is 2.04 bits per heavy atom. The van der Waals surface area contributed by atoms with E-state index < -0.39 is 10.5 Å². The van der Waals surface area contributed by atoms with E-state index in [1.54, 1.807) is 6.92 Å². The van der Waals surface area contributed by atoms with Gasteiger partial charge in [0.25, 0.3) is 11.6 Å². The van der Waals surface area contributed by atoms with E-state index in [-0.39, 0.29) is 24.1 Å². The first-order chi connectivity index (χ1) is 13.4. The minimum atomic E-state index is -0.886. The number of ether oxygens (including phenoxy) is 1. The minimum absolute atomic E-state index is 0.0338. The fraction of sp³-hybridized carbons (Fsp3) is 0.333. The third-order valence-corrected chi connectivity index (χ3v) is 4.88. The topological polar surface area (TPSA) is 105 Å². The standard InChI is InChI=1S/C21H21N3O4/c1-21(14-22,17-7-8-17)23-20(25)13-28-19-10-9-18(24(26)27)12-16(19)11-15-5-3-2-4-6-15/h2-6,9-10,12,17H,7-8,11,13H2,1H3,(H,23,25). The lowest BCUT2D eigenvalue weighted by Crippen LogP contribution is -2.48. The second kappa shape index (κ2) is 8.09. The summed E-state index contributed by atoms with van der Waals surface area (Å²) in [5.74, 6) is 0.198. The largest absolute Gasteiger partial charge is 0.483 e. The molecule has 1 fully saturated rings. The smallest absolute Gasteiger partial charge is 0.269 e. The molecule has 7 heteroatoms. The number of nitriles is 1. The fourth-order valence-corrected chi connectivity index (χ4v) is 3.13. The molecule has 2 aromatic carbocycles. The van der Waals surface area contributed by atoms with Gasteiger partial charge in [0, 0.05) is 24.1 Å². The summed E-state index contributed by atoms with van der Waals surface area (Å²) in [6, 6.07) is 16.0. The van der Waals surface area contributed by atoms with Crippen LogP contribution in [-0.4, -0.2) is 23.0 Å².